The van der Waals surface area contributed by atoms with E-state index in [4.69, 9.17) is 16.0 Å². The van der Waals surface area contributed by atoms with Gasteiger partial charge in [0.25, 0.3) is 0 Å². The summed E-state index contributed by atoms with van der Waals surface area (Å²) < 4.78 is 6.52. The van der Waals surface area contributed by atoms with Gasteiger partial charge in [-0.2, -0.15) is 0 Å². The normalized spacial score (nSPS) is 12.1. The second-order valence-corrected chi connectivity index (χ2v) is 5.95. The van der Waals surface area contributed by atoms with E-state index >= 15 is 0 Å². The maximum atomic E-state index is 6.30. The molecule has 0 aliphatic heterocycles. The Labute approximate surface area is 136 Å². The van der Waals surface area contributed by atoms with Gasteiger partial charge >= 0.3 is 0 Å². The second kappa shape index (κ2) is 6.37. The van der Waals surface area contributed by atoms with Crippen LogP contribution < -0.4 is 5.32 Å². The maximum absolute atomic E-state index is 6.30. The molecule has 1 N–H and O–H groups in total. The first-order valence-corrected chi connectivity index (χ1v) is 7.71. The molecule has 0 amide bonds. The highest BCUT2D eigenvalue weighted by atomic mass is 79.9. The molecule has 3 rings (SSSR count). The quantitative estimate of drug-likeness (QED) is 0.625. The molecule has 2 aromatic carbocycles. The number of furan rings is 1. The fourth-order valence-electron chi connectivity index (χ4n) is 2.18. The van der Waals surface area contributed by atoms with Crippen LogP contribution in [0.2, 0.25) is 5.02 Å². The minimum atomic E-state index is -0.0834. The molecule has 0 bridgehead atoms. The van der Waals surface area contributed by atoms with Crippen molar-refractivity contribution < 1.29 is 4.42 Å². The van der Waals surface area contributed by atoms with E-state index in [1.54, 1.807) is 6.26 Å². The number of benzene rings is 2. The van der Waals surface area contributed by atoms with Crippen LogP contribution in [0.25, 0.3) is 0 Å². The minimum absolute atomic E-state index is 0.0834. The Morgan fingerprint density at radius 2 is 1.81 bits per heavy atom. The third-order valence-electron chi connectivity index (χ3n) is 3.19. The van der Waals surface area contributed by atoms with Crippen LogP contribution in [0.1, 0.15) is 17.4 Å². The van der Waals surface area contributed by atoms with Crippen molar-refractivity contribution in [1.29, 1.82) is 0 Å². The van der Waals surface area contributed by atoms with Crippen LogP contribution in [0, 0.1) is 0 Å². The number of nitrogens with one attached hydrogen (secondary N) is 1. The van der Waals surface area contributed by atoms with Gasteiger partial charge in [0.2, 0.25) is 0 Å². The molecule has 3 aromatic rings. The van der Waals surface area contributed by atoms with Crippen molar-refractivity contribution in [1.82, 2.24) is 0 Å². The summed E-state index contributed by atoms with van der Waals surface area (Å²) >= 11 is 9.71. The van der Waals surface area contributed by atoms with Gasteiger partial charge in [0, 0.05) is 4.47 Å². The third kappa shape index (κ3) is 3.31. The molecule has 0 aliphatic carbocycles. The van der Waals surface area contributed by atoms with E-state index in [-0.39, 0.29) is 6.04 Å². The molecule has 0 spiro atoms. The van der Waals surface area contributed by atoms with Crippen LogP contribution in [0.4, 0.5) is 5.69 Å². The summed E-state index contributed by atoms with van der Waals surface area (Å²) in [5.74, 6) is 0.847. The molecule has 0 radical (unpaired) electrons. The molecule has 1 atom stereocenters. The van der Waals surface area contributed by atoms with Gasteiger partial charge in [-0.15, -0.1) is 0 Å². The first-order chi connectivity index (χ1) is 10.2. The average molecular weight is 363 g/mol. The number of anilines is 1. The third-order valence-corrected chi connectivity index (χ3v) is 4.00. The maximum Gasteiger partial charge on any atom is 0.130 e. The summed E-state index contributed by atoms with van der Waals surface area (Å²) in [6.45, 7) is 0. The van der Waals surface area contributed by atoms with Crippen molar-refractivity contribution in [2.45, 2.75) is 6.04 Å². The number of rotatable bonds is 4. The first-order valence-electron chi connectivity index (χ1n) is 6.54. The monoisotopic (exact) mass is 361 g/mol. The zero-order chi connectivity index (χ0) is 14.7. The Kier molecular flexibility index (Phi) is 4.32. The predicted molar refractivity (Wildman–Crippen MR) is 89.8 cm³/mol. The topological polar surface area (TPSA) is 25.2 Å². The van der Waals surface area contributed by atoms with Crippen LogP contribution in [0.15, 0.2) is 75.8 Å². The standard InChI is InChI=1S/C17H13BrClNO/c18-13-8-9-15(14(19)11-13)20-17(16-7-4-10-21-16)12-5-2-1-3-6-12/h1-11,17,20H. The van der Waals surface area contributed by atoms with Crippen molar-refractivity contribution in [3.63, 3.8) is 0 Å². The SMILES string of the molecule is Clc1cc(Br)ccc1NC(c1ccccc1)c1ccco1. The molecule has 0 saturated heterocycles. The van der Waals surface area contributed by atoms with Gasteiger partial charge in [0.15, 0.2) is 0 Å². The van der Waals surface area contributed by atoms with Crippen molar-refractivity contribution in [3.8, 4) is 0 Å². The number of halogens is 2. The van der Waals surface area contributed by atoms with E-state index in [9.17, 15) is 0 Å². The Balaban J connectivity index is 1.97. The average Bonchev–Trinajstić information content (AvgIpc) is 3.01. The summed E-state index contributed by atoms with van der Waals surface area (Å²) in [7, 11) is 0. The van der Waals surface area contributed by atoms with Gasteiger partial charge in [-0.1, -0.05) is 57.9 Å². The highest BCUT2D eigenvalue weighted by molar-refractivity contribution is 9.10. The Hall–Kier alpha value is -1.71. The van der Waals surface area contributed by atoms with Gasteiger partial charge in [0.1, 0.15) is 11.8 Å². The number of hydrogen-bond acceptors (Lipinski definition) is 2. The van der Waals surface area contributed by atoms with Crippen LogP contribution in [0.5, 0.6) is 0 Å². The van der Waals surface area contributed by atoms with Crippen LogP contribution >= 0.6 is 27.5 Å². The van der Waals surface area contributed by atoms with Crippen LogP contribution in [-0.2, 0) is 0 Å². The van der Waals surface area contributed by atoms with E-state index in [0.29, 0.717) is 5.02 Å². The van der Waals surface area contributed by atoms with Gasteiger partial charge in [-0.25, -0.2) is 0 Å². The van der Waals surface area contributed by atoms with Crippen LogP contribution in [0.3, 0.4) is 0 Å². The lowest BCUT2D eigenvalue weighted by atomic mass is 10.0. The fourth-order valence-corrected chi connectivity index (χ4v) is 2.91. The van der Waals surface area contributed by atoms with Crippen LogP contribution in [-0.4, -0.2) is 0 Å². The Morgan fingerprint density at radius 3 is 2.48 bits per heavy atom. The van der Waals surface area contributed by atoms with Crippen molar-refractivity contribution in [2.24, 2.45) is 0 Å². The molecule has 1 heterocycles. The lowest BCUT2D eigenvalue weighted by molar-refractivity contribution is 0.499. The molecule has 21 heavy (non-hydrogen) atoms. The minimum Gasteiger partial charge on any atom is -0.467 e. The van der Waals surface area contributed by atoms with E-state index in [0.717, 1.165) is 21.5 Å². The van der Waals surface area contributed by atoms with Gasteiger partial charge < -0.3 is 9.73 Å². The largest absolute Gasteiger partial charge is 0.467 e. The van der Waals surface area contributed by atoms with Crippen molar-refractivity contribution in [2.75, 3.05) is 5.32 Å². The molecular weight excluding hydrogens is 350 g/mol. The summed E-state index contributed by atoms with van der Waals surface area (Å²) in [4.78, 5) is 0. The van der Waals surface area contributed by atoms with E-state index < -0.39 is 0 Å². The van der Waals surface area contributed by atoms with E-state index in [1.165, 1.54) is 0 Å². The number of hydrogen-bond donors (Lipinski definition) is 1. The second-order valence-electron chi connectivity index (χ2n) is 4.63. The summed E-state index contributed by atoms with van der Waals surface area (Å²) in [5.41, 5.74) is 1.98. The Morgan fingerprint density at radius 1 is 1.00 bits per heavy atom. The summed E-state index contributed by atoms with van der Waals surface area (Å²) in [6, 6.07) is 19.7. The fraction of sp³-hybridized carbons (Fsp3) is 0.0588. The molecule has 1 unspecified atom stereocenters. The van der Waals surface area contributed by atoms with Crippen molar-refractivity contribution >= 4 is 33.2 Å². The summed E-state index contributed by atoms with van der Waals surface area (Å²) in [6.07, 6.45) is 1.68. The highest BCUT2D eigenvalue weighted by Gasteiger charge is 2.17. The van der Waals surface area contributed by atoms with E-state index in [1.807, 2.05) is 48.5 Å². The van der Waals surface area contributed by atoms with Gasteiger partial charge in [-0.05, 0) is 35.9 Å². The molecule has 2 nitrogen and oxygen atoms in total. The molecule has 0 fully saturated rings. The molecule has 106 valence electrons. The molecule has 1 aromatic heterocycles. The van der Waals surface area contributed by atoms with Gasteiger partial charge in [-0.3, -0.25) is 0 Å². The lowest BCUT2D eigenvalue weighted by Gasteiger charge is -2.19. The van der Waals surface area contributed by atoms with Gasteiger partial charge in [0.05, 0.1) is 17.0 Å². The zero-order valence-electron chi connectivity index (χ0n) is 11.1. The smallest absolute Gasteiger partial charge is 0.130 e. The predicted octanol–water partition coefficient (Wildman–Crippen LogP) is 5.90. The molecule has 0 aliphatic rings. The molecule has 4 heteroatoms. The van der Waals surface area contributed by atoms with E-state index in [2.05, 4.69) is 33.4 Å². The first kappa shape index (κ1) is 14.2. The lowest BCUT2D eigenvalue weighted by Crippen LogP contribution is -2.11. The molecular formula is C17H13BrClNO. The summed E-state index contributed by atoms with van der Waals surface area (Å²) in [5, 5.41) is 4.11. The molecule has 0 saturated carbocycles. The highest BCUT2D eigenvalue weighted by Crippen LogP contribution is 2.32. The Bertz CT molecular complexity index is 713. The zero-order valence-corrected chi connectivity index (χ0v) is 13.4. The van der Waals surface area contributed by atoms with Crippen molar-refractivity contribution in [3.05, 3.63) is 87.7 Å².